The molecule has 0 amide bonds. The summed E-state index contributed by atoms with van der Waals surface area (Å²) >= 11 is 0. The molecule has 0 saturated carbocycles. The molecule has 0 aromatic carbocycles. The van der Waals surface area contributed by atoms with Crippen LogP contribution in [0.25, 0.3) is 0 Å². The molecule has 0 unspecified atom stereocenters. The van der Waals surface area contributed by atoms with Gasteiger partial charge in [0.2, 0.25) is 0 Å². The van der Waals surface area contributed by atoms with Gasteiger partial charge in [-0.25, -0.2) is 4.39 Å². The van der Waals surface area contributed by atoms with Crippen molar-refractivity contribution in [3.05, 3.63) is 11.6 Å². The Bertz CT molecular complexity index is 153. The number of rotatable bonds is 1. The fraction of sp³-hybridized carbons (Fsp3) is 0.778. The second-order valence-corrected chi connectivity index (χ2v) is 3.51. The van der Waals surface area contributed by atoms with E-state index in [1.54, 1.807) is 6.08 Å². The molecule has 1 nitrogen and oxygen atoms in total. The van der Waals surface area contributed by atoms with Crippen LogP contribution in [0.3, 0.4) is 0 Å². The molecule has 1 aliphatic heterocycles. The fourth-order valence-corrected chi connectivity index (χ4v) is 1.50. The maximum absolute atomic E-state index is 13.7. The zero-order chi connectivity index (χ0) is 8.32. The van der Waals surface area contributed by atoms with Crippen molar-refractivity contribution in [1.82, 2.24) is 5.32 Å². The number of hydrogen-bond donors (Lipinski definition) is 1. The molecule has 1 heterocycles. The summed E-state index contributed by atoms with van der Waals surface area (Å²) in [6.07, 6.45) is 3.00. The molecular weight excluding hydrogens is 141 g/mol. The Morgan fingerprint density at radius 2 is 1.91 bits per heavy atom. The molecule has 0 atom stereocenters. The third-order valence-electron chi connectivity index (χ3n) is 1.98. The van der Waals surface area contributed by atoms with Gasteiger partial charge in [0.15, 0.2) is 0 Å². The lowest BCUT2D eigenvalue weighted by Crippen LogP contribution is -2.37. The Hall–Kier alpha value is -0.370. The predicted molar refractivity (Wildman–Crippen MR) is 45.4 cm³/mol. The molecule has 2 heteroatoms. The Labute approximate surface area is 67.7 Å². The van der Waals surface area contributed by atoms with Gasteiger partial charge in [-0.15, -0.1) is 0 Å². The highest BCUT2D eigenvalue weighted by atomic mass is 19.1. The van der Waals surface area contributed by atoms with Gasteiger partial charge < -0.3 is 5.32 Å². The van der Waals surface area contributed by atoms with Crippen LogP contribution in [0.4, 0.5) is 4.39 Å². The normalized spacial score (nSPS) is 22.8. The Morgan fingerprint density at radius 1 is 1.36 bits per heavy atom. The van der Waals surface area contributed by atoms with Gasteiger partial charge in [-0.05, 0) is 45.9 Å². The quantitative estimate of drug-likeness (QED) is 0.574. The van der Waals surface area contributed by atoms with Gasteiger partial charge in [-0.3, -0.25) is 0 Å². The van der Waals surface area contributed by atoms with Crippen molar-refractivity contribution in [3.8, 4) is 0 Å². The molecule has 1 aliphatic rings. The van der Waals surface area contributed by atoms with E-state index in [1.807, 2.05) is 13.8 Å². The topological polar surface area (TPSA) is 12.0 Å². The number of nitrogens with one attached hydrogen (secondary N) is 1. The molecule has 0 aromatic rings. The maximum Gasteiger partial charge on any atom is 0.131 e. The maximum atomic E-state index is 13.7. The molecule has 11 heavy (non-hydrogen) atoms. The third-order valence-corrected chi connectivity index (χ3v) is 1.98. The Balaban J connectivity index is 2.57. The number of piperidine rings is 1. The fourth-order valence-electron chi connectivity index (χ4n) is 1.50. The number of halogens is 1. The first-order valence-corrected chi connectivity index (χ1v) is 4.18. The summed E-state index contributed by atoms with van der Waals surface area (Å²) < 4.78 is 13.7. The first kappa shape index (κ1) is 8.72. The summed E-state index contributed by atoms with van der Waals surface area (Å²) in [7, 11) is 0. The van der Waals surface area contributed by atoms with Gasteiger partial charge >= 0.3 is 0 Å². The van der Waals surface area contributed by atoms with Crippen LogP contribution in [-0.4, -0.2) is 18.8 Å². The predicted octanol–water partition coefficient (Wildman–Crippen LogP) is 2.04. The average molecular weight is 157 g/mol. The lowest BCUT2D eigenvalue weighted by molar-refractivity contribution is 0.172. The Kier molecular flexibility index (Phi) is 2.66. The smallest absolute Gasteiger partial charge is 0.131 e. The molecule has 0 bridgehead atoms. The van der Waals surface area contributed by atoms with E-state index < -0.39 is 5.67 Å². The zero-order valence-corrected chi connectivity index (χ0v) is 7.28. The SMILES string of the molecule is CC(C)=CC1(F)CCNCC1. The van der Waals surface area contributed by atoms with Crippen molar-refractivity contribution in [2.24, 2.45) is 0 Å². The van der Waals surface area contributed by atoms with Gasteiger partial charge in [0.05, 0.1) is 0 Å². The monoisotopic (exact) mass is 157 g/mol. The molecule has 0 spiro atoms. The van der Waals surface area contributed by atoms with Crippen molar-refractivity contribution in [3.63, 3.8) is 0 Å². The molecule has 1 rings (SSSR count). The second kappa shape index (κ2) is 3.35. The third kappa shape index (κ3) is 2.62. The molecule has 0 aromatic heterocycles. The van der Waals surface area contributed by atoms with Gasteiger partial charge in [0.1, 0.15) is 5.67 Å². The van der Waals surface area contributed by atoms with Crippen LogP contribution in [0.5, 0.6) is 0 Å². The highest BCUT2D eigenvalue weighted by Gasteiger charge is 2.28. The van der Waals surface area contributed by atoms with Crippen LogP contribution in [0.15, 0.2) is 11.6 Å². The van der Waals surface area contributed by atoms with Crippen molar-refractivity contribution < 1.29 is 4.39 Å². The lowest BCUT2D eigenvalue weighted by Gasteiger charge is -2.27. The van der Waals surface area contributed by atoms with Crippen LogP contribution in [0.1, 0.15) is 26.7 Å². The molecule has 64 valence electrons. The summed E-state index contributed by atoms with van der Waals surface area (Å²) in [4.78, 5) is 0. The largest absolute Gasteiger partial charge is 0.316 e. The molecule has 0 aliphatic carbocycles. The van der Waals surface area contributed by atoms with Gasteiger partial charge in [0, 0.05) is 0 Å². The summed E-state index contributed by atoms with van der Waals surface area (Å²) in [6, 6.07) is 0. The van der Waals surface area contributed by atoms with Crippen molar-refractivity contribution in [1.29, 1.82) is 0 Å². The van der Waals surface area contributed by atoms with Crippen LogP contribution in [-0.2, 0) is 0 Å². The van der Waals surface area contributed by atoms with Gasteiger partial charge in [-0.1, -0.05) is 5.57 Å². The first-order chi connectivity index (χ1) is 5.12. The summed E-state index contributed by atoms with van der Waals surface area (Å²) in [5.41, 5.74) is 0.0544. The van der Waals surface area contributed by atoms with E-state index in [9.17, 15) is 4.39 Å². The minimum atomic E-state index is -1.02. The highest BCUT2D eigenvalue weighted by Crippen LogP contribution is 2.25. The molecule has 0 radical (unpaired) electrons. The second-order valence-electron chi connectivity index (χ2n) is 3.51. The molecule has 1 saturated heterocycles. The summed E-state index contributed by atoms with van der Waals surface area (Å²) in [6.45, 7) is 5.51. The van der Waals surface area contributed by atoms with Crippen molar-refractivity contribution in [2.45, 2.75) is 32.4 Å². The van der Waals surface area contributed by atoms with E-state index >= 15 is 0 Å². The number of alkyl halides is 1. The van der Waals surface area contributed by atoms with E-state index in [0.717, 1.165) is 18.7 Å². The van der Waals surface area contributed by atoms with Crippen molar-refractivity contribution in [2.75, 3.05) is 13.1 Å². The highest BCUT2D eigenvalue weighted by molar-refractivity contribution is 5.08. The minimum Gasteiger partial charge on any atom is -0.316 e. The average Bonchev–Trinajstić information content (AvgIpc) is 1.85. The van der Waals surface area contributed by atoms with Gasteiger partial charge in [0.25, 0.3) is 0 Å². The van der Waals surface area contributed by atoms with E-state index in [4.69, 9.17) is 0 Å². The van der Waals surface area contributed by atoms with Crippen LogP contribution < -0.4 is 5.32 Å². The van der Waals surface area contributed by atoms with E-state index in [2.05, 4.69) is 5.32 Å². The standard InChI is InChI=1S/C9H16FN/c1-8(2)7-9(10)3-5-11-6-4-9/h7,11H,3-6H2,1-2H3. The minimum absolute atomic E-state index is 0.623. The zero-order valence-electron chi connectivity index (χ0n) is 7.28. The molecular formula is C9H16FN. The summed E-state index contributed by atoms with van der Waals surface area (Å²) in [5, 5.41) is 3.14. The van der Waals surface area contributed by atoms with E-state index in [1.165, 1.54) is 0 Å². The molecule has 1 fully saturated rings. The van der Waals surface area contributed by atoms with E-state index in [0.29, 0.717) is 12.8 Å². The van der Waals surface area contributed by atoms with E-state index in [-0.39, 0.29) is 0 Å². The van der Waals surface area contributed by atoms with Crippen LogP contribution >= 0.6 is 0 Å². The summed E-state index contributed by atoms with van der Waals surface area (Å²) in [5.74, 6) is 0. The molecule has 1 N–H and O–H groups in total. The Morgan fingerprint density at radius 3 is 2.36 bits per heavy atom. The van der Waals surface area contributed by atoms with Crippen LogP contribution in [0.2, 0.25) is 0 Å². The van der Waals surface area contributed by atoms with Crippen molar-refractivity contribution >= 4 is 0 Å². The van der Waals surface area contributed by atoms with Crippen LogP contribution in [0, 0.1) is 0 Å². The lowest BCUT2D eigenvalue weighted by atomic mass is 9.93. The number of allylic oxidation sites excluding steroid dienone is 2. The van der Waals surface area contributed by atoms with Gasteiger partial charge in [-0.2, -0.15) is 0 Å². The first-order valence-electron chi connectivity index (χ1n) is 4.18. The number of hydrogen-bond acceptors (Lipinski definition) is 1.